The SMILES string of the molecule is CCC(C)(C)NC(=O)CNC(C)c1nc(C)cs1. The van der Waals surface area contributed by atoms with Gasteiger partial charge < -0.3 is 5.32 Å². The van der Waals surface area contributed by atoms with Crippen LogP contribution >= 0.6 is 11.3 Å². The number of amides is 1. The quantitative estimate of drug-likeness (QED) is 0.834. The summed E-state index contributed by atoms with van der Waals surface area (Å²) in [5, 5.41) is 9.24. The van der Waals surface area contributed by atoms with Gasteiger partial charge in [-0.15, -0.1) is 11.3 Å². The Labute approximate surface area is 113 Å². The standard InChI is InChI=1S/C13H23N3OS/c1-6-13(4,5)16-11(17)7-14-10(3)12-15-9(2)8-18-12/h8,10,14H,6-7H2,1-5H3,(H,16,17). The highest BCUT2D eigenvalue weighted by Gasteiger charge is 2.18. The van der Waals surface area contributed by atoms with Crippen LogP contribution in [-0.2, 0) is 4.79 Å². The van der Waals surface area contributed by atoms with Crippen molar-refractivity contribution in [2.75, 3.05) is 6.54 Å². The highest BCUT2D eigenvalue weighted by atomic mass is 32.1. The van der Waals surface area contributed by atoms with Gasteiger partial charge >= 0.3 is 0 Å². The summed E-state index contributed by atoms with van der Waals surface area (Å²) >= 11 is 1.62. The second-order valence-electron chi connectivity index (χ2n) is 5.22. The molecule has 1 atom stereocenters. The molecule has 1 rings (SSSR count). The number of carbonyl (C=O) groups is 1. The van der Waals surface area contributed by atoms with E-state index in [1.807, 2.05) is 33.1 Å². The van der Waals surface area contributed by atoms with Gasteiger partial charge in [0.2, 0.25) is 5.91 Å². The molecule has 5 heteroatoms. The van der Waals surface area contributed by atoms with E-state index in [4.69, 9.17) is 0 Å². The molecule has 1 unspecified atom stereocenters. The van der Waals surface area contributed by atoms with Crippen LogP contribution in [0.4, 0.5) is 0 Å². The number of hydrogen-bond donors (Lipinski definition) is 2. The highest BCUT2D eigenvalue weighted by molar-refractivity contribution is 7.09. The third kappa shape index (κ3) is 4.74. The van der Waals surface area contributed by atoms with Crippen molar-refractivity contribution in [2.45, 2.75) is 52.6 Å². The fourth-order valence-electron chi connectivity index (χ4n) is 1.41. The molecule has 4 nitrogen and oxygen atoms in total. The number of rotatable bonds is 6. The van der Waals surface area contributed by atoms with Crippen molar-refractivity contribution >= 4 is 17.2 Å². The van der Waals surface area contributed by atoms with Crippen molar-refractivity contribution in [3.05, 3.63) is 16.1 Å². The molecule has 0 aliphatic heterocycles. The summed E-state index contributed by atoms with van der Waals surface area (Å²) in [6, 6.07) is 0.110. The lowest BCUT2D eigenvalue weighted by Crippen LogP contribution is -2.46. The zero-order valence-electron chi connectivity index (χ0n) is 11.8. The van der Waals surface area contributed by atoms with E-state index >= 15 is 0 Å². The van der Waals surface area contributed by atoms with E-state index in [0.717, 1.165) is 17.1 Å². The number of aryl methyl sites for hydroxylation is 1. The Kier molecular flexibility index (Phi) is 5.28. The smallest absolute Gasteiger partial charge is 0.234 e. The molecule has 102 valence electrons. The Morgan fingerprint density at radius 1 is 1.56 bits per heavy atom. The van der Waals surface area contributed by atoms with Crippen LogP contribution in [-0.4, -0.2) is 23.0 Å². The molecule has 0 aliphatic rings. The highest BCUT2D eigenvalue weighted by Crippen LogP contribution is 2.17. The summed E-state index contributed by atoms with van der Waals surface area (Å²) in [5.41, 5.74) is 0.889. The van der Waals surface area contributed by atoms with Crippen LogP contribution in [0.5, 0.6) is 0 Å². The molecule has 0 fully saturated rings. The maximum absolute atomic E-state index is 11.8. The van der Waals surface area contributed by atoms with Crippen molar-refractivity contribution in [1.82, 2.24) is 15.6 Å². The predicted molar refractivity (Wildman–Crippen MR) is 75.8 cm³/mol. The van der Waals surface area contributed by atoms with Gasteiger partial charge in [-0.05, 0) is 34.1 Å². The first kappa shape index (κ1) is 15.1. The Morgan fingerprint density at radius 2 is 2.22 bits per heavy atom. The van der Waals surface area contributed by atoms with Gasteiger partial charge in [-0.25, -0.2) is 4.98 Å². The first-order valence-corrected chi connectivity index (χ1v) is 7.18. The van der Waals surface area contributed by atoms with Crippen LogP contribution in [0, 0.1) is 6.92 Å². The molecule has 0 bridgehead atoms. The normalized spacial score (nSPS) is 13.4. The molecule has 0 aliphatic carbocycles. The van der Waals surface area contributed by atoms with Gasteiger partial charge in [0.25, 0.3) is 0 Å². The fraction of sp³-hybridized carbons (Fsp3) is 0.692. The molecule has 1 aromatic heterocycles. The number of carbonyl (C=O) groups excluding carboxylic acids is 1. The van der Waals surface area contributed by atoms with E-state index in [-0.39, 0.29) is 17.5 Å². The molecule has 1 heterocycles. The lowest BCUT2D eigenvalue weighted by atomic mass is 10.0. The minimum atomic E-state index is -0.139. The summed E-state index contributed by atoms with van der Waals surface area (Å²) in [7, 11) is 0. The van der Waals surface area contributed by atoms with Crippen LogP contribution < -0.4 is 10.6 Å². The van der Waals surface area contributed by atoms with E-state index in [0.29, 0.717) is 6.54 Å². The summed E-state index contributed by atoms with van der Waals surface area (Å²) in [6.45, 7) is 10.4. The van der Waals surface area contributed by atoms with E-state index < -0.39 is 0 Å². The maximum Gasteiger partial charge on any atom is 0.234 e. The van der Waals surface area contributed by atoms with Crippen molar-refractivity contribution in [2.24, 2.45) is 0 Å². The molecule has 18 heavy (non-hydrogen) atoms. The summed E-state index contributed by atoms with van der Waals surface area (Å²) in [4.78, 5) is 16.2. The molecule has 0 saturated heterocycles. The summed E-state index contributed by atoms with van der Waals surface area (Å²) in [6.07, 6.45) is 0.917. The maximum atomic E-state index is 11.8. The predicted octanol–water partition coefficient (Wildman–Crippen LogP) is 2.41. The molecule has 0 saturated carbocycles. The van der Waals surface area contributed by atoms with Crippen molar-refractivity contribution in [1.29, 1.82) is 0 Å². The number of hydrogen-bond acceptors (Lipinski definition) is 4. The zero-order chi connectivity index (χ0) is 13.8. The Bertz CT molecular complexity index is 401. The second-order valence-corrected chi connectivity index (χ2v) is 6.11. The summed E-state index contributed by atoms with van der Waals surface area (Å²) in [5.74, 6) is 0.0296. The summed E-state index contributed by atoms with van der Waals surface area (Å²) < 4.78 is 0. The van der Waals surface area contributed by atoms with Crippen molar-refractivity contribution < 1.29 is 4.79 Å². The van der Waals surface area contributed by atoms with Gasteiger partial charge in [-0.2, -0.15) is 0 Å². The van der Waals surface area contributed by atoms with Crippen LogP contribution in [0.3, 0.4) is 0 Å². The molecule has 1 aromatic rings. The Hall–Kier alpha value is -0.940. The van der Waals surface area contributed by atoms with Crippen LogP contribution in [0.2, 0.25) is 0 Å². The average Bonchev–Trinajstić information content (AvgIpc) is 2.72. The van der Waals surface area contributed by atoms with Crippen LogP contribution in [0.25, 0.3) is 0 Å². The zero-order valence-corrected chi connectivity index (χ0v) is 12.6. The molecular weight excluding hydrogens is 246 g/mol. The topological polar surface area (TPSA) is 54.0 Å². The van der Waals surface area contributed by atoms with Gasteiger partial charge in [-0.3, -0.25) is 10.1 Å². The minimum Gasteiger partial charge on any atom is -0.350 e. The number of thiazole rings is 1. The third-order valence-corrected chi connectivity index (χ3v) is 4.08. The minimum absolute atomic E-state index is 0.0296. The van der Waals surface area contributed by atoms with E-state index in [1.54, 1.807) is 11.3 Å². The van der Waals surface area contributed by atoms with Crippen LogP contribution in [0.1, 0.15) is 50.9 Å². The van der Waals surface area contributed by atoms with Crippen molar-refractivity contribution in [3.63, 3.8) is 0 Å². The molecular formula is C13H23N3OS. The number of nitrogens with zero attached hydrogens (tertiary/aromatic N) is 1. The monoisotopic (exact) mass is 269 g/mol. The van der Waals surface area contributed by atoms with Gasteiger partial charge in [0.05, 0.1) is 12.6 Å². The van der Waals surface area contributed by atoms with E-state index in [2.05, 4.69) is 22.5 Å². The average molecular weight is 269 g/mol. The lowest BCUT2D eigenvalue weighted by Gasteiger charge is -2.25. The first-order valence-electron chi connectivity index (χ1n) is 6.30. The Morgan fingerprint density at radius 3 is 2.72 bits per heavy atom. The van der Waals surface area contributed by atoms with Gasteiger partial charge in [-0.1, -0.05) is 6.92 Å². The Balaban J connectivity index is 2.39. The van der Waals surface area contributed by atoms with Crippen LogP contribution in [0.15, 0.2) is 5.38 Å². The number of aromatic nitrogens is 1. The molecule has 1 amide bonds. The largest absolute Gasteiger partial charge is 0.350 e. The molecule has 0 aromatic carbocycles. The van der Waals surface area contributed by atoms with Gasteiger partial charge in [0, 0.05) is 16.6 Å². The van der Waals surface area contributed by atoms with E-state index in [9.17, 15) is 4.79 Å². The molecule has 2 N–H and O–H groups in total. The fourth-order valence-corrected chi connectivity index (χ4v) is 2.24. The molecule has 0 radical (unpaired) electrons. The lowest BCUT2D eigenvalue weighted by molar-refractivity contribution is -0.121. The van der Waals surface area contributed by atoms with Gasteiger partial charge in [0.15, 0.2) is 0 Å². The molecule has 0 spiro atoms. The first-order chi connectivity index (χ1) is 8.34. The third-order valence-electron chi connectivity index (χ3n) is 2.94. The van der Waals surface area contributed by atoms with E-state index in [1.165, 1.54) is 0 Å². The van der Waals surface area contributed by atoms with Crippen molar-refractivity contribution in [3.8, 4) is 0 Å². The second kappa shape index (κ2) is 6.29. The number of nitrogens with one attached hydrogen (secondary N) is 2. The van der Waals surface area contributed by atoms with Gasteiger partial charge in [0.1, 0.15) is 5.01 Å².